The van der Waals surface area contributed by atoms with Gasteiger partial charge in [-0.1, -0.05) is 29.3 Å². The highest BCUT2D eigenvalue weighted by molar-refractivity contribution is 6.42. The predicted octanol–water partition coefficient (Wildman–Crippen LogP) is 2.82. The standard InChI is InChI=1S/C16H20Cl2N2O2/c17-13-4-3-12(10-14(13)18)11-19-5-7-20(8-6-19)16(21)15-2-1-9-22-15/h3-4,10,15H,1-2,5-9,11H2. The maximum atomic E-state index is 12.3. The fourth-order valence-electron chi connectivity index (χ4n) is 3.00. The largest absolute Gasteiger partial charge is 0.368 e. The second-order valence-electron chi connectivity index (χ2n) is 5.85. The minimum Gasteiger partial charge on any atom is -0.368 e. The van der Waals surface area contributed by atoms with Gasteiger partial charge < -0.3 is 9.64 Å². The number of carbonyl (C=O) groups is 1. The van der Waals surface area contributed by atoms with Crippen molar-refractivity contribution in [2.75, 3.05) is 32.8 Å². The maximum Gasteiger partial charge on any atom is 0.251 e. The molecule has 0 spiro atoms. The third kappa shape index (κ3) is 3.74. The molecule has 0 aromatic heterocycles. The van der Waals surface area contributed by atoms with Crippen LogP contribution in [0.3, 0.4) is 0 Å². The van der Waals surface area contributed by atoms with E-state index < -0.39 is 0 Å². The van der Waals surface area contributed by atoms with Crippen LogP contribution >= 0.6 is 23.2 Å². The van der Waals surface area contributed by atoms with Crippen LogP contribution < -0.4 is 0 Å². The fraction of sp³-hybridized carbons (Fsp3) is 0.562. The molecule has 0 aliphatic carbocycles. The summed E-state index contributed by atoms with van der Waals surface area (Å²) in [6, 6.07) is 5.74. The maximum absolute atomic E-state index is 12.3. The second kappa shape index (κ2) is 7.18. The van der Waals surface area contributed by atoms with E-state index in [0.29, 0.717) is 16.7 Å². The van der Waals surface area contributed by atoms with Gasteiger partial charge in [-0.3, -0.25) is 9.69 Å². The normalized spacial score (nSPS) is 23.0. The van der Waals surface area contributed by atoms with E-state index in [0.717, 1.165) is 51.1 Å². The summed E-state index contributed by atoms with van der Waals surface area (Å²) in [5, 5.41) is 1.17. The van der Waals surface area contributed by atoms with Crippen LogP contribution in [0.2, 0.25) is 10.0 Å². The smallest absolute Gasteiger partial charge is 0.251 e. The zero-order valence-corrected chi connectivity index (χ0v) is 13.9. The van der Waals surface area contributed by atoms with E-state index in [1.165, 1.54) is 0 Å². The fourth-order valence-corrected chi connectivity index (χ4v) is 3.32. The van der Waals surface area contributed by atoms with Gasteiger partial charge in [0.25, 0.3) is 5.91 Å². The Hall–Kier alpha value is -0.810. The lowest BCUT2D eigenvalue weighted by Crippen LogP contribution is -2.51. The molecule has 1 unspecified atom stereocenters. The monoisotopic (exact) mass is 342 g/mol. The molecule has 2 fully saturated rings. The number of amides is 1. The van der Waals surface area contributed by atoms with E-state index in [2.05, 4.69) is 4.90 Å². The number of carbonyl (C=O) groups excluding carboxylic acids is 1. The van der Waals surface area contributed by atoms with Crippen LogP contribution in [-0.4, -0.2) is 54.6 Å². The number of ether oxygens (including phenoxy) is 1. The van der Waals surface area contributed by atoms with Gasteiger partial charge in [-0.2, -0.15) is 0 Å². The van der Waals surface area contributed by atoms with Crippen LogP contribution in [0, 0.1) is 0 Å². The van der Waals surface area contributed by atoms with Gasteiger partial charge in [0.2, 0.25) is 0 Å². The molecule has 22 heavy (non-hydrogen) atoms. The lowest BCUT2D eigenvalue weighted by atomic mass is 10.1. The van der Waals surface area contributed by atoms with E-state index >= 15 is 0 Å². The van der Waals surface area contributed by atoms with Crippen molar-refractivity contribution >= 4 is 29.1 Å². The van der Waals surface area contributed by atoms with Crippen molar-refractivity contribution in [3.8, 4) is 0 Å². The molecule has 0 bridgehead atoms. The SMILES string of the molecule is O=C(C1CCCO1)N1CCN(Cc2ccc(Cl)c(Cl)c2)CC1. The Kier molecular flexibility index (Phi) is 5.24. The lowest BCUT2D eigenvalue weighted by Gasteiger charge is -2.35. The van der Waals surface area contributed by atoms with Gasteiger partial charge in [-0.15, -0.1) is 0 Å². The summed E-state index contributed by atoms with van der Waals surface area (Å²) >= 11 is 12.0. The van der Waals surface area contributed by atoms with Crippen molar-refractivity contribution in [1.82, 2.24) is 9.80 Å². The zero-order valence-electron chi connectivity index (χ0n) is 12.4. The van der Waals surface area contributed by atoms with Crippen molar-refractivity contribution in [3.05, 3.63) is 33.8 Å². The number of piperazine rings is 1. The van der Waals surface area contributed by atoms with Crippen molar-refractivity contribution < 1.29 is 9.53 Å². The van der Waals surface area contributed by atoms with Gasteiger partial charge in [0.15, 0.2) is 0 Å². The van der Waals surface area contributed by atoms with E-state index in [-0.39, 0.29) is 12.0 Å². The van der Waals surface area contributed by atoms with Gasteiger partial charge >= 0.3 is 0 Å². The quantitative estimate of drug-likeness (QED) is 0.846. The van der Waals surface area contributed by atoms with E-state index in [1.807, 2.05) is 23.1 Å². The number of hydrogen-bond acceptors (Lipinski definition) is 3. The summed E-state index contributed by atoms with van der Waals surface area (Å²) < 4.78 is 5.48. The molecular weight excluding hydrogens is 323 g/mol. The molecule has 1 aromatic carbocycles. The molecule has 120 valence electrons. The van der Waals surface area contributed by atoms with Crippen LogP contribution in [0.25, 0.3) is 0 Å². The molecule has 0 N–H and O–H groups in total. The van der Waals surface area contributed by atoms with Crippen LogP contribution in [0.5, 0.6) is 0 Å². The molecule has 1 atom stereocenters. The number of rotatable bonds is 3. The minimum absolute atomic E-state index is 0.159. The van der Waals surface area contributed by atoms with Gasteiger partial charge in [-0.05, 0) is 30.5 Å². The van der Waals surface area contributed by atoms with E-state index in [9.17, 15) is 4.79 Å². The Morgan fingerprint density at radius 3 is 2.59 bits per heavy atom. The number of halogens is 2. The van der Waals surface area contributed by atoms with Gasteiger partial charge in [0.05, 0.1) is 10.0 Å². The van der Waals surface area contributed by atoms with Crippen molar-refractivity contribution in [3.63, 3.8) is 0 Å². The van der Waals surface area contributed by atoms with Crippen LogP contribution in [-0.2, 0) is 16.1 Å². The molecule has 1 amide bonds. The molecule has 0 radical (unpaired) electrons. The third-order valence-electron chi connectivity index (χ3n) is 4.28. The summed E-state index contributed by atoms with van der Waals surface area (Å²) in [5.41, 5.74) is 1.15. The Morgan fingerprint density at radius 1 is 1.18 bits per heavy atom. The van der Waals surface area contributed by atoms with Gasteiger partial charge in [0.1, 0.15) is 6.10 Å². The minimum atomic E-state index is -0.207. The first kappa shape index (κ1) is 16.1. The summed E-state index contributed by atoms with van der Waals surface area (Å²) in [6.07, 6.45) is 1.65. The molecule has 2 aliphatic heterocycles. The molecule has 2 saturated heterocycles. The first-order valence-electron chi connectivity index (χ1n) is 7.70. The number of nitrogens with zero attached hydrogens (tertiary/aromatic N) is 2. The van der Waals surface area contributed by atoms with Crippen molar-refractivity contribution in [1.29, 1.82) is 0 Å². The predicted molar refractivity (Wildman–Crippen MR) is 87.3 cm³/mol. The van der Waals surface area contributed by atoms with E-state index in [4.69, 9.17) is 27.9 Å². The Morgan fingerprint density at radius 2 is 1.95 bits per heavy atom. The molecule has 3 rings (SSSR count). The Bertz CT molecular complexity index is 539. The highest BCUT2D eigenvalue weighted by Crippen LogP contribution is 2.23. The number of benzene rings is 1. The summed E-state index contributed by atoms with van der Waals surface area (Å²) in [6.45, 7) is 4.82. The van der Waals surface area contributed by atoms with Crippen LogP contribution in [0.15, 0.2) is 18.2 Å². The highest BCUT2D eigenvalue weighted by atomic mass is 35.5. The van der Waals surface area contributed by atoms with Crippen LogP contribution in [0.1, 0.15) is 18.4 Å². The summed E-state index contributed by atoms with van der Waals surface area (Å²) in [7, 11) is 0. The number of hydrogen-bond donors (Lipinski definition) is 0. The topological polar surface area (TPSA) is 32.8 Å². The highest BCUT2D eigenvalue weighted by Gasteiger charge is 2.30. The zero-order chi connectivity index (χ0) is 15.5. The molecule has 1 aromatic rings. The average Bonchev–Trinajstić information content (AvgIpc) is 3.05. The first-order valence-corrected chi connectivity index (χ1v) is 8.46. The van der Waals surface area contributed by atoms with Crippen LogP contribution in [0.4, 0.5) is 0 Å². The first-order chi connectivity index (χ1) is 10.6. The van der Waals surface area contributed by atoms with Crippen molar-refractivity contribution in [2.24, 2.45) is 0 Å². The Labute approximate surface area is 140 Å². The van der Waals surface area contributed by atoms with Gasteiger partial charge in [-0.25, -0.2) is 0 Å². The lowest BCUT2D eigenvalue weighted by molar-refractivity contribution is -0.142. The average molecular weight is 343 g/mol. The molecular formula is C16H20Cl2N2O2. The van der Waals surface area contributed by atoms with Crippen molar-refractivity contribution in [2.45, 2.75) is 25.5 Å². The molecule has 2 aliphatic rings. The second-order valence-corrected chi connectivity index (χ2v) is 6.67. The molecule has 6 heteroatoms. The Balaban J connectivity index is 1.51. The molecule has 0 saturated carbocycles. The molecule has 2 heterocycles. The summed E-state index contributed by atoms with van der Waals surface area (Å²) in [5.74, 6) is 0.159. The summed E-state index contributed by atoms with van der Waals surface area (Å²) in [4.78, 5) is 16.6. The van der Waals surface area contributed by atoms with Gasteiger partial charge in [0, 0.05) is 39.3 Å². The third-order valence-corrected chi connectivity index (χ3v) is 5.02. The molecule has 4 nitrogen and oxygen atoms in total. The van der Waals surface area contributed by atoms with E-state index in [1.54, 1.807) is 0 Å².